The van der Waals surface area contributed by atoms with Crippen molar-refractivity contribution in [2.75, 3.05) is 18.3 Å². The van der Waals surface area contributed by atoms with Crippen molar-refractivity contribution in [1.29, 1.82) is 0 Å². The molecule has 0 saturated carbocycles. The zero-order valence-corrected chi connectivity index (χ0v) is 14.9. The summed E-state index contributed by atoms with van der Waals surface area (Å²) in [6.45, 7) is 0.194. The van der Waals surface area contributed by atoms with Gasteiger partial charge in [-0.15, -0.1) is 0 Å². The predicted octanol–water partition coefficient (Wildman–Crippen LogP) is 1.79. The van der Waals surface area contributed by atoms with Gasteiger partial charge in [0.05, 0.1) is 34.0 Å². The molecule has 1 aliphatic rings. The Morgan fingerprint density at radius 3 is 2.70 bits per heavy atom. The Bertz CT molecular complexity index is 1090. The molecule has 0 saturated heterocycles. The van der Waals surface area contributed by atoms with Crippen LogP contribution in [0.4, 0.5) is 11.4 Å². The Labute approximate surface area is 159 Å². The number of aromatic nitrogens is 2. The number of rotatable bonds is 4. The molecule has 9 heteroatoms. The highest BCUT2D eigenvalue weighted by Gasteiger charge is 2.18. The van der Waals surface area contributed by atoms with Crippen LogP contribution in [0, 0.1) is 0 Å². The fourth-order valence-electron chi connectivity index (χ4n) is 3.06. The van der Waals surface area contributed by atoms with Crippen molar-refractivity contribution in [3.05, 3.63) is 46.4 Å². The fourth-order valence-corrected chi connectivity index (χ4v) is 3.21. The SMILES string of the molecule is NC(=O)Cc1nc(Cc2ccc3c(c2)OCO3)c2c(N)c(Cl)c(N)cc2n1. The van der Waals surface area contributed by atoms with Crippen molar-refractivity contribution >= 4 is 39.8 Å². The molecule has 6 N–H and O–H groups in total. The number of nitrogen functional groups attached to an aromatic ring is 2. The first-order valence-corrected chi connectivity index (χ1v) is 8.50. The summed E-state index contributed by atoms with van der Waals surface area (Å²) in [4.78, 5) is 20.2. The van der Waals surface area contributed by atoms with Gasteiger partial charge in [0, 0.05) is 11.8 Å². The van der Waals surface area contributed by atoms with Gasteiger partial charge in [-0.25, -0.2) is 9.97 Å². The van der Waals surface area contributed by atoms with Crippen molar-refractivity contribution in [3.8, 4) is 11.5 Å². The minimum absolute atomic E-state index is 0.0908. The molecule has 1 amide bonds. The van der Waals surface area contributed by atoms with E-state index >= 15 is 0 Å². The number of fused-ring (bicyclic) bond motifs is 2. The number of amides is 1. The molecule has 8 nitrogen and oxygen atoms in total. The number of hydrogen-bond acceptors (Lipinski definition) is 7. The molecule has 0 bridgehead atoms. The van der Waals surface area contributed by atoms with Crippen LogP contribution >= 0.6 is 11.6 Å². The number of anilines is 2. The van der Waals surface area contributed by atoms with E-state index in [0.717, 1.165) is 5.56 Å². The second kappa shape index (κ2) is 6.48. The number of nitrogens with zero attached hydrogens (tertiary/aromatic N) is 2. The maximum Gasteiger partial charge on any atom is 0.231 e. The summed E-state index contributed by atoms with van der Waals surface area (Å²) in [7, 11) is 0. The topological polar surface area (TPSA) is 139 Å². The lowest BCUT2D eigenvalue weighted by Gasteiger charge is -2.13. The average Bonchev–Trinajstić information content (AvgIpc) is 3.06. The molecular weight excluding hydrogens is 370 g/mol. The van der Waals surface area contributed by atoms with E-state index in [-0.39, 0.29) is 18.2 Å². The second-order valence-electron chi connectivity index (χ2n) is 6.18. The van der Waals surface area contributed by atoms with Gasteiger partial charge in [0.2, 0.25) is 12.7 Å². The average molecular weight is 386 g/mol. The van der Waals surface area contributed by atoms with E-state index in [1.54, 1.807) is 6.07 Å². The standard InChI is InChI=1S/C18H16ClN5O3/c19-17-9(20)5-11-16(18(17)22)10(23-15(24-11)6-14(21)25)3-8-1-2-12-13(4-8)27-7-26-12/h1-2,4-5H,3,6-7,20,22H2,(H2,21,25). The van der Waals surface area contributed by atoms with Crippen LogP contribution in [0.1, 0.15) is 17.1 Å². The summed E-state index contributed by atoms with van der Waals surface area (Å²) < 4.78 is 10.8. The molecule has 1 aliphatic heterocycles. The van der Waals surface area contributed by atoms with Crippen LogP contribution in [0.25, 0.3) is 10.9 Å². The van der Waals surface area contributed by atoms with Gasteiger partial charge in [-0.1, -0.05) is 17.7 Å². The molecular formula is C18H16ClN5O3. The van der Waals surface area contributed by atoms with Gasteiger partial charge in [0.15, 0.2) is 11.5 Å². The third-order valence-corrected chi connectivity index (χ3v) is 4.67. The Kier molecular flexibility index (Phi) is 4.12. The number of ether oxygens (including phenoxy) is 2. The number of benzene rings is 2. The molecule has 4 rings (SSSR count). The second-order valence-corrected chi connectivity index (χ2v) is 6.56. The van der Waals surface area contributed by atoms with Gasteiger partial charge < -0.3 is 26.7 Å². The summed E-state index contributed by atoms with van der Waals surface area (Å²) in [5, 5.41) is 0.848. The largest absolute Gasteiger partial charge is 0.454 e. The molecule has 3 aromatic rings. The summed E-state index contributed by atoms with van der Waals surface area (Å²) in [6.07, 6.45) is 0.332. The third-order valence-electron chi connectivity index (χ3n) is 4.25. The Hall–Kier alpha value is -3.26. The molecule has 0 fully saturated rings. The lowest BCUT2D eigenvalue weighted by molar-refractivity contribution is -0.117. The number of carbonyl (C=O) groups excluding carboxylic acids is 1. The Morgan fingerprint density at radius 2 is 1.93 bits per heavy atom. The maximum atomic E-state index is 11.3. The molecule has 0 atom stereocenters. The van der Waals surface area contributed by atoms with Crippen LogP contribution in [0.2, 0.25) is 5.02 Å². The van der Waals surface area contributed by atoms with E-state index in [1.807, 2.05) is 18.2 Å². The molecule has 0 radical (unpaired) electrons. The molecule has 0 aliphatic carbocycles. The number of halogens is 1. The van der Waals surface area contributed by atoms with Crippen molar-refractivity contribution < 1.29 is 14.3 Å². The maximum absolute atomic E-state index is 11.3. The van der Waals surface area contributed by atoms with Gasteiger partial charge in [-0.05, 0) is 23.8 Å². The van der Waals surface area contributed by atoms with Crippen LogP contribution in [0.5, 0.6) is 11.5 Å². The van der Waals surface area contributed by atoms with Gasteiger partial charge >= 0.3 is 0 Å². The highest BCUT2D eigenvalue weighted by Crippen LogP contribution is 2.37. The van der Waals surface area contributed by atoms with Crippen molar-refractivity contribution in [2.24, 2.45) is 5.73 Å². The van der Waals surface area contributed by atoms with Crippen LogP contribution in [-0.4, -0.2) is 22.7 Å². The van der Waals surface area contributed by atoms with Crippen LogP contribution in [0.15, 0.2) is 24.3 Å². The monoisotopic (exact) mass is 385 g/mol. The van der Waals surface area contributed by atoms with E-state index in [1.165, 1.54) is 0 Å². The molecule has 0 unspecified atom stereocenters. The van der Waals surface area contributed by atoms with E-state index in [4.69, 9.17) is 38.3 Å². The Morgan fingerprint density at radius 1 is 1.15 bits per heavy atom. The summed E-state index contributed by atoms with van der Waals surface area (Å²) in [5.74, 6) is 1.12. The van der Waals surface area contributed by atoms with Gasteiger partial charge in [-0.2, -0.15) is 0 Å². The first-order chi connectivity index (χ1) is 12.9. The molecule has 27 heavy (non-hydrogen) atoms. The van der Waals surface area contributed by atoms with E-state index < -0.39 is 5.91 Å². The molecule has 2 aromatic carbocycles. The van der Waals surface area contributed by atoms with Crippen molar-refractivity contribution in [3.63, 3.8) is 0 Å². The van der Waals surface area contributed by atoms with Crippen LogP contribution in [0.3, 0.4) is 0 Å². The lowest BCUT2D eigenvalue weighted by atomic mass is 10.0. The smallest absolute Gasteiger partial charge is 0.231 e. The van der Waals surface area contributed by atoms with E-state index in [9.17, 15) is 4.79 Å². The van der Waals surface area contributed by atoms with E-state index in [0.29, 0.717) is 51.7 Å². The lowest BCUT2D eigenvalue weighted by Crippen LogP contribution is -2.16. The Balaban J connectivity index is 1.86. The first kappa shape index (κ1) is 17.2. The molecule has 1 aromatic heterocycles. The summed E-state index contributed by atoms with van der Waals surface area (Å²) in [6, 6.07) is 7.23. The molecule has 0 spiro atoms. The van der Waals surface area contributed by atoms with Crippen molar-refractivity contribution in [2.45, 2.75) is 12.8 Å². The zero-order chi connectivity index (χ0) is 19.1. The molecule has 2 heterocycles. The fraction of sp³-hybridized carbons (Fsp3) is 0.167. The number of primary amides is 1. The zero-order valence-electron chi connectivity index (χ0n) is 14.2. The summed E-state index contributed by atoms with van der Waals surface area (Å²) >= 11 is 6.22. The highest BCUT2D eigenvalue weighted by molar-refractivity contribution is 6.37. The highest BCUT2D eigenvalue weighted by atomic mass is 35.5. The number of nitrogens with two attached hydrogens (primary N) is 3. The van der Waals surface area contributed by atoms with Gasteiger partial charge in [0.1, 0.15) is 5.82 Å². The predicted molar refractivity (Wildman–Crippen MR) is 102 cm³/mol. The van der Waals surface area contributed by atoms with E-state index in [2.05, 4.69) is 9.97 Å². The summed E-state index contributed by atoms with van der Waals surface area (Å²) in [5.41, 5.74) is 20.1. The van der Waals surface area contributed by atoms with Crippen LogP contribution in [-0.2, 0) is 17.6 Å². The normalized spacial score (nSPS) is 12.5. The minimum atomic E-state index is -0.529. The molecule has 138 valence electrons. The van der Waals surface area contributed by atoms with Gasteiger partial charge in [-0.3, -0.25) is 4.79 Å². The first-order valence-electron chi connectivity index (χ1n) is 8.12. The minimum Gasteiger partial charge on any atom is -0.454 e. The number of hydrogen-bond donors (Lipinski definition) is 3. The third kappa shape index (κ3) is 3.15. The van der Waals surface area contributed by atoms with Crippen molar-refractivity contribution in [1.82, 2.24) is 9.97 Å². The van der Waals surface area contributed by atoms with Gasteiger partial charge in [0.25, 0.3) is 0 Å². The quantitative estimate of drug-likeness (QED) is 0.581. The number of carbonyl (C=O) groups is 1. The van der Waals surface area contributed by atoms with Crippen LogP contribution < -0.4 is 26.7 Å².